The van der Waals surface area contributed by atoms with Crippen LogP contribution >= 0.6 is 22.6 Å². The molecule has 1 fully saturated rings. The molecule has 1 aromatic carbocycles. The van der Waals surface area contributed by atoms with Crippen molar-refractivity contribution in [1.29, 1.82) is 0 Å². The monoisotopic (exact) mass is 330 g/mol. The Kier molecular flexibility index (Phi) is 3.81. The van der Waals surface area contributed by atoms with E-state index < -0.39 is 0 Å². The quantitative estimate of drug-likeness (QED) is 0.796. The summed E-state index contributed by atoms with van der Waals surface area (Å²) in [5.41, 5.74) is 0.793. The van der Waals surface area contributed by atoms with Crippen LogP contribution in [0.2, 0.25) is 0 Å². The summed E-state index contributed by atoms with van der Waals surface area (Å²) in [6.07, 6.45) is 0. The van der Waals surface area contributed by atoms with Crippen LogP contribution in [-0.2, 0) is 0 Å². The molecule has 0 bridgehead atoms. The zero-order valence-corrected chi connectivity index (χ0v) is 11.4. The van der Waals surface area contributed by atoms with Gasteiger partial charge in [-0.1, -0.05) is 6.07 Å². The first-order valence-corrected chi connectivity index (χ1v) is 6.53. The van der Waals surface area contributed by atoms with Crippen molar-refractivity contribution in [1.82, 2.24) is 10.2 Å². The van der Waals surface area contributed by atoms with Crippen molar-refractivity contribution in [3.05, 3.63) is 33.4 Å². The van der Waals surface area contributed by atoms with Crippen LogP contribution in [0.1, 0.15) is 17.3 Å². The molecule has 1 aromatic rings. The molecule has 0 radical (unpaired) electrons. The highest BCUT2D eigenvalue weighted by Gasteiger charge is 2.21. The van der Waals surface area contributed by atoms with E-state index in [1.165, 1.54) is 0 Å². The largest absolute Gasteiger partial charge is 0.336 e. The summed E-state index contributed by atoms with van der Waals surface area (Å²) in [6, 6.07) is 8.14. The average Bonchev–Trinajstić information content (AvgIpc) is 2.28. The molecule has 1 saturated heterocycles. The van der Waals surface area contributed by atoms with E-state index in [1.54, 1.807) is 0 Å². The fourth-order valence-electron chi connectivity index (χ4n) is 1.92. The summed E-state index contributed by atoms with van der Waals surface area (Å²) >= 11 is 2.23. The molecule has 1 aliphatic heterocycles. The highest BCUT2D eigenvalue weighted by atomic mass is 127. The molecule has 3 nitrogen and oxygen atoms in total. The van der Waals surface area contributed by atoms with Crippen LogP contribution in [0.15, 0.2) is 24.3 Å². The second-order valence-electron chi connectivity index (χ2n) is 4.12. The third-order valence-corrected chi connectivity index (χ3v) is 3.40. The van der Waals surface area contributed by atoms with Crippen molar-refractivity contribution in [2.24, 2.45) is 0 Å². The van der Waals surface area contributed by atoms with Crippen LogP contribution in [-0.4, -0.2) is 36.5 Å². The molecule has 0 aliphatic carbocycles. The Morgan fingerprint density at radius 2 is 2.38 bits per heavy atom. The number of nitrogens with zero attached hydrogens (tertiary/aromatic N) is 1. The standard InChI is InChI=1S/C12H15IN2O/c1-9-8-15(6-5-14-9)12(16)10-3-2-4-11(13)7-10/h2-4,7,9,14H,5-6,8H2,1H3/t9-/m1/s1. The van der Waals surface area contributed by atoms with Crippen molar-refractivity contribution in [2.45, 2.75) is 13.0 Å². The lowest BCUT2D eigenvalue weighted by molar-refractivity contribution is 0.0709. The first-order chi connectivity index (χ1) is 7.66. The minimum Gasteiger partial charge on any atom is -0.336 e. The van der Waals surface area contributed by atoms with E-state index in [9.17, 15) is 4.79 Å². The zero-order chi connectivity index (χ0) is 11.5. The van der Waals surface area contributed by atoms with Gasteiger partial charge in [-0.15, -0.1) is 0 Å². The van der Waals surface area contributed by atoms with Gasteiger partial charge in [0.05, 0.1) is 0 Å². The van der Waals surface area contributed by atoms with Gasteiger partial charge in [-0.2, -0.15) is 0 Å². The average molecular weight is 330 g/mol. The van der Waals surface area contributed by atoms with E-state index in [0.717, 1.165) is 28.8 Å². The Balaban J connectivity index is 2.12. The van der Waals surface area contributed by atoms with Gasteiger partial charge in [-0.25, -0.2) is 0 Å². The molecule has 2 rings (SSSR count). The maximum Gasteiger partial charge on any atom is 0.253 e. The van der Waals surface area contributed by atoms with E-state index >= 15 is 0 Å². The van der Waals surface area contributed by atoms with E-state index in [2.05, 4.69) is 34.8 Å². The summed E-state index contributed by atoms with van der Waals surface area (Å²) in [4.78, 5) is 14.1. The van der Waals surface area contributed by atoms with Gasteiger partial charge in [0.1, 0.15) is 0 Å². The number of piperazine rings is 1. The highest BCUT2D eigenvalue weighted by Crippen LogP contribution is 2.11. The van der Waals surface area contributed by atoms with Gasteiger partial charge < -0.3 is 10.2 Å². The Bertz CT molecular complexity index is 394. The van der Waals surface area contributed by atoms with E-state index in [1.807, 2.05) is 29.2 Å². The van der Waals surface area contributed by atoms with Crippen molar-refractivity contribution in [3.8, 4) is 0 Å². The summed E-state index contributed by atoms with van der Waals surface area (Å²) in [5.74, 6) is 0.145. The Morgan fingerprint density at radius 3 is 3.06 bits per heavy atom. The van der Waals surface area contributed by atoms with Gasteiger partial charge in [0, 0.05) is 34.8 Å². The number of nitrogens with one attached hydrogen (secondary N) is 1. The smallest absolute Gasteiger partial charge is 0.253 e. The lowest BCUT2D eigenvalue weighted by Crippen LogP contribution is -2.51. The predicted molar refractivity (Wildman–Crippen MR) is 72.5 cm³/mol. The van der Waals surface area contributed by atoms with Gasteiger partial charge >= 0.3 is 0 Å². The molecule has 0 spiro atoms. The number of carbonyl (C=O) groups is 1. The molecule has 0 unspecified atom stereocenters. The Labute approximate surface area is 109 Å². The minimum atomic E-state index is 0.145. The minimum absolute atomic E-state index is 0.145. The number of hydrogen-bond donors (Lipinski definition) is 1. The highest BCUT2D eigenvalue weighted by molar-refractivity contribution is 14.1. The molecule has 16 heavy (non-hydrogen) atoms. The van der Waals surface area contributed by atoms with Gasteiger partial charge in [-0.3, -0.25) is 4.79 Å². The van der Waals surface area contributed by atoms with Gasteiger partial charge in [0.25, 0.3) is 5.91 Å². The molecular weight excluding hydrogens is 315 g/mol. The molecule has 0 saturated carbocycles. The van der Waals surface area contributed by atoms with Gasteiger partial charge in [-0.05, 0) is 47.7 Å². The first kappa shape index (κ1) is 11.9. The number of hydrogen-bond acceptors (Lipinski definition) is 2. The van der Waals surface area contributed by atoms with Crippen LogP contribution < -0.4 is 5.32 Å². The molecule has 0 aromatic heterocycles. The number of carbonyl (C=O) groups excluding carboxylic acids is 1. The molecule has 1 heterocycles. The fraction of sp³-hybridized carbons (Fsp3) is 0.417. The molecule has 1 atom stereocenters. The summed E-state index contributed by atoms with van der Waals surface area (Å²) < 4.78 is 1.10. The van der Waals surface area contributed by atoms with E-state index in [-0.39, 0.29) is 5.91 Å². The number of halogens is 1. The van der Waals surface area contributed by atoms with Crippen LogP contribution in [0.25, 0.3) is 0 Å². The number of rotatable bonds is 1. The first-order valence-electron chi connectivity index (χ1n) is 5.45. The molecular formula is C12H15IN2O. The zero-order valence-electron chi connectivity index (χ0n) is 9.24. The van der Waals surface area contributed by atoms with Crippen LogP contribution in [0.4, 0.5) is 0 Å². The summed E-state index contributed by atoms with van der Waals surface area (Å²) in [7, 11) is 0. The van der Waals surface area contributed by atoms with Crippen LogP contribution in [0.5, 0.6) is 0 Å². The second kappa shape index (κ2) is 5.14. The third-order valence-electron chi connectivity index (χ3n) is 2.73. The summed E-state index contributed by atoms with van der Waals surface area (Å²) in [5, 5.41) is 3.33. The molecule has 1 aliphatic rings. The number of amides is 1. The topological polar surface area (TPSA) is 32.3 Å². The predicted octanol–water partition coefficient (Wildman–Crippen LogP) is 1.73. The van der Waals surface area contributed by atoms with E-state index in [0.29, 0.717) is 6.04 Å². The molecule has 1 N–H and O–H groups in total. The molecule has 4 heteroatoms. The lowest BCUT2D eigenvalue weighted by Gasteiger charge is -2.32. The maximum absolute atomic E-state index is 12.2. The molecule has 1 amide bonds. The molecule has 86 valence electrons. The lowest BCUT2D eigenvalue weighted by atomic mass is 10.1. The van der Waals surface area contributed by atoms with Crippen molar-refractivity contribution >= 4 is 28.5 Å². The van der Waals surface area contributed by atoms with Crippen molar-refractivity contribution in [3.63, 3.8) is 0 Å². The van der Waals surface area contributed by atoms with Crippen molar-refractivity contribution in [2.75, 3.05) is 19.6 Å². The Morgan fingerprint density at radius 1 is 1.56 bits per heavy atom. The SMILES string of the molecule is C[C@@H]1CN(C(=O)c2cccc(I)c2)CCN1. The van der Waals surface area contributed by atoms with Crippen LogP contribution in [0.3, 0.4) is 0 Å². The normalized spacial score (nSPS) is 20.9. The fourth-order valence-corrected chi connectivity index (χ4v) is 2.46. The third kappa shape index (κ3) is 2.74. The van der Waals surface area contributed by atoms with E-state index in [4.69, 9.17) is 0 Å². The van der Waals surface area contributed by atoms with Crippen LogP contribution in [0, 0.1) is 3.57 Å². The van der Waals surface area contributed by atoms with Crippen molar-refractivity contribution < 1.29 is 4.79 Å². The number of benzene rings is 1. The van der Waals surface area contributed by atoms with Gasteiger partial charge in [0.15, 0.2) is 0 Å². The maximum atomic E-state index is 12.2. The summed E-state index contributed by atoms with van der Waals surface area (Å²) in [6.45, 7) is 4.59. The second-order valence-corrected chi connectivity index (χ2v) is 5.36. The Hall–Kier alpha value is -0.620. The van der Waals surface area contributed by atoms with Gasteiger partial charge in [0.2, 0.25) is 0 Å².